The van der Waals surface area contributed by atoms with E-state index in [1.807, 2.05) is 18.2 Å². The molecule has 0 radical (unpaired) electrons. The fraction of sp³-hybridized carbons (Fsp3) is 0.286. The highest BCUT2D eigenvalue weighted by atomic mass is 16.5. The van der Waals surface area contributed by atoms with Gasteiger partial charge in [0.05, 0.1) is 19.6 Å². The first kappa shape index (κ1) is 11.7. The average molecular weight is 231 g/mol. The summed E-state index contributed by atoms with van der Waals surface area (Å²) in [6.45, 7) is 1.81. The van der Waals surface area contributed by atoms with Gasteiger partial charge in [-0.3, -0.25) is 0 Å². The fourth-order valence-electron chi connectivity index (χ4n) is 1.65. The largest absolute Gasteiger partial charge is 0.497 e. The Balaban J connectivity index is 1.70. The zero-order valence-electron chi connectivity index (χ0n) is 9.98. The molecule has 0 unspecified atom stereocenters. The minimum absolute atomic E-state index is 0.854. The summed E-state index contributed by atoms with van der Waals surface area (Å²) < 4.78 is 10.1. The van der Waals surface area contributed by atoms with Crippen LogP contribution in [-0.4, -0.2) is 13.7 Å². The standard InChI is InChI=1S/C14H17NO2/c1-16-14-4-2-12(3-5-14)6-8-15-10-13-7-9-17-11-13/h2-5,7,9,11,15H,6,8,10H2,1H3. The Morgan fingerprint density at radius 1 is 1.12 bits per heavy atom. The molecule has 2 rings (SSSR count). The number of benzene rings is 1. The van der Waals surface area contributed by atoms with Crippen LogP contribution in [0, 0.1) is 0 Å². The zero-order valence-corrected chi connectivity index (χ0v) is 9.98. The van der Waals surface area contributed by atoms with Gasteiger partial charge in [-0.1, -0.05) is 12.1 Å². The van der Waals surface area contributed by atoms with Crippen LogP contribution in [0.4, 0.5) is 0 Å². The van der Waals surface area contributed by atoms with Crippen LogP contribution in [0.5, 0.6) is 5.75 Å². The molecule has 1 N–H and O–H groups in total. The summed E-state index contributed by atoms with van der Waals surface area (Å²) in [7, 11) is 1.68. The molecule has 0 saturated carbocycles. The molecule has 90 valence electrons. The van der Waals surface area contributed by atoms with E-state index in [0.29, 0.717) is 0 Å². The molecule has 0 bridgehead atoms. The molecule has 0 amide bonds. The van der Waals surface area contributed by atoms with Crippen LogP contribution in [0.1, 0.15) is 11.1 Å². The van der Waals surface area contributed by atoms with E-state index in [1.165, 1.54) is 11.1 Å². The van der Waals surface area contributed by atoms with Crippen LogP contribution in [0.25, 0.3) is 0 Å². The molecule has 1 aromatic heterocycles. The van der Waals surface area contributed by atoms with Crippen LogP contribution in [0.3, 0.4) is 0 Å². The molecule has 0 aliphatic carbocycles. The third-order valence-electron chi connectivity index (χ3n) is 2.66. The smallest absolute Gasteiger partial charge is 0.118 e. The average Bonchev–Trinajstić information content (AvgIpc) is 2.88. The molecule has 0 aliphatic rings. The van der Waals surface area contributed by atoms with Crippen molar-refractivity contribution in [3.05, 3.63) is 54.0 Å². The Morgan fingerprint density at radius 3 is 2.59 bits per heavy atom. The predicted molar refractivity (Wildman–Crippen MR) is 67.1 cm³/mol. The van der Waals surface area contributed by atoms with Gasteiger partial charge in [0, 0.05) is 12.1 Å². The molecule has 1 heterocycles. The van der Waals surface area contributed by atoms with Gasteiger partial charge in [0.15, 0.2) is 0 Å². The van der Waals surface area contributed by atoms with Crippen molar-refractivity contribution in [2.75, 3.05) is 13.7 Å². The quantitative estimate of drug-likeness (QED) is 0.776. The van der Waals surface area contributed by atoms with E-state index in [1.54, 1.807) is 19.6 Å². The number of ether oxygens (including phenoxy) is 1. The van der Waals surface area contributed by atoms with Crippen LogP contribution >= 0.6 is 0 Å². The first-order valence-electron chi connectivity index (χ1n) is 5.73. The minimum atomic E-state index is 0.854. The highest BCUT2D eigenvalue weighted by Crippen LogP contribution is 2.11. The summed E-state index contributed by atoms with van der Waals surface area (Å²) in [6, 6.07) is 10.1. The molecule has 0 atom stereocenters. The van der Waals surface area contributed by atoms with Gasteiger partial charge < -0.3 is 14.5 Å². The van der Waals surface area contributed by atoms with Crippen LogP contribution in [0.15, 0.2) is 47.3 Å². The third kappa shape index (κ3) is 3.64. The molecule has 2 aromatic rings. The van der Waals surface area contributed by atoms with E-state index in [-0.39, 0.29) is 0 Å². The van der Waals surface area contributed by atoms with Crippen molar-refractivity contribution in [2.24, 2.45) is 0 Å². The maximum atomic E-state index is 5.12. The van der Waals surface area contributed by atoms with Crippen molar-refractivity contribution in [3.63, 3.8) is 0 Å². The van der Waals surface area contributed by atoms with Crippen LogP contribution in [-0.2, 0) is 13.0 Å². The van der Waals surface area contributed by atoms with Gasteiger partial charge in [0.1, 0.15) is 5.75 Å². The van der Waals surface area contributed by atoms with Crippen molar-refractivity contribution in [2.45, 2.75) is 13.0 Å². The molecule has 0 fully saturated rings. The van der Waals surface area contributed by atoms with Gasteiger partial charge in [-0.2, -0.15) is 0 Å². The SMILES string of the molecule is COc1ccc(CCNCc2ccoc2)cc1. The van der Waals surface area contributed by atoms with Crippen LogP contribution in [0.2, 0.25) is 0 Å². The molecule has 17 heavy (non-hydrogen) atoms. The van der Waals surface area contributed by atoms with E-state index >= 15 is 0 Å². The van der Waals surface area contributed by atoms with E-state index in [4.69, 9.17) is 9.15 Å². The molecular weight excluding hydrogens is 214 g/mol. The molecular formula is C14H17NO2. The second-order valence-electron chi connectivity index (χ2n) is 3.91. The van der Waals surface area contributed by atoms with Gasteiger partial charge in [-0.05, 0) is 36.7 Å². The number of furan rings is 1. The Labute approximate surface area is 101 Å². The number of methoxy groups -OCH3 is 1. The summed E-state index contributed by atoms with van der Waals surface area (Å²) >= 11 is 0. The third-order valence-corrected chi connectivity index (χ3v) is 2.66. The van der Waals surface area contributed by atoms with Gasteiger partial charge in [0.2, 0.25) is 0 Å². The number of hydrogen-bond acceptors (Lipinski definition) is 3. The molecule has 3 nitrogen and oxygen atoms in total. The van der Waals surface area contributed by atoms with Gasteiger partial charge in [-0.25, -0.2) is 0 Å². The van der Waals surface area contributed by atoms with Gasteiger partial charge in [0.25, 0.3) is 0 Å². The molecule has 3 heteroatoms. The van der Waals surface area contributed by atoms with E-state index in [2.05, 4.69) is 17.4 Å². The molecule has 0 saturated heterocycles. The van der Waals surface area contributed by atoms with Crippen molar-refractivity contribution in [3.8, 4) is 5.75 Å². The van der Waals surface area contributed by atoms with Gasteiger partial charge >= 0.3 is 0 Å². The second kappa shape index (κ2) is 6.11. The topological polar surface area (TPSA) is 34.4 Å². The fourth-order valence-corrected chi connectivity index (χ4v) is 1.65. The molecule has 0 spiro atoms. The Kier molecular flexibility index (Phi) is 4.22. The van der Waals surface area contributed by atoms with Gasteiger partial charge in [-0.15, -0.1) is 0 Å². The lowest BCUT2D eigenvalue weighted by Gasteiger charge is -2.04. The summed E-state index contributed by atoms with van der Waals surface area (Å²) in [6.07, 6.45) is 4.47. The van der Waals surface area contributed by atoms with Crippen LogP contribution < -0.4 is 10.1 Å². The molecule has 0 aliphatic heterocycles. The number of rotatable bonds is 6. The highest BCUT2D eigenvalue weighted by molar-refractivity contribution is 5.27. The Hall–Kier alpha value is -1.74. The molecule has 1 aromatic carbocycles. The maximum absolute atomic E-state index is 5.12. The lowest BCUT2D eigenvalue weighted by atomic mass is 10.1. The van der Waals surface area contributed by atoms with Crippen molar-refractivity contribution < 1.29 is 9.15 Å². The van der Waals surface area contributed by atoms with Crippen molar-refractivity contribution in [1.29, 1.82) is 0 Å². The van der Waals surface area contributed by atoms with Crippen molar-refractivity contribution >= 4 is 0 Å². The summed E-state index contributed by atoms with van der Waals surface area (Å²) in [4.78, 5) is 0. The monoisotopic (exact) mass is 231 g/mol. The first-order chi connectivity index (χ1) is 8.38. The van der Waals surface area contributed by atoms with Crippen molar-refractivity contribution in [1.82, 2.24) is 5.32 Å². The van der Waals surface area contributed by atoms with E-state index in [0.717, 1.165) is 25.3 Å². The summed E-state index contributed by atoms with van der Waals surface area (Å²) in [5, 5.41) is 3.37. The zero-order chi connectivity index (χ0) is 11.9. The summed E-state index contributed by atoms with van der Waals surface area (Å²) in [5.41, 5.74) is 2.49. The van der Waals surface area contributed by atoms with E-state index < -0.39 is 0 Å². The second-order valence-corrected chi connectivity index (χ2v) is 3.91. The number of nitrogens with one attached hydrogen (secondary N) is 1. The van der Waals surface area contributed by atoms with E-state index in [9.17, 15) is 0 Å². The lowest BCUT2D eigenvalue weighted by Crippen LogP contribution is -2.16. The first-order valence-corrected chi connectivity index (χ1v) is 5.73. The normalized spacial score (nSPS) is 10.4. The Morgan fingerprint density at radius 2 is 1.94 bits per heavy atom. The minimum Gasteiger partial charge on any atom is -0.497 e. The lowest BCUT2D eigenvalue weighted by molar-refractivity contribution is 0.414. The highest BCUT2D eigenvalue weighted by Gasteiger charge is 1.96. The predicted octanol–water partition coefficient (Wildman–Crippen LogP) is 2.62. The maximum Gasteiger partial charge on any atom is 0.118 e. The number of hydrogen-bond donors (Lipinski definition) is 1. The Bertz CT molecular complexity index is 420. The summed E-state index contributed by atoms with van der Waals surface area (Å²) in [5.74, 6) is 0.903.